The van der Waals surface area contributed by atoms with E-state index in [0.717, 1.165) is 38.8 Å². The van der Waals surface area contributed by atoms with Crippen LogP contribution in [-0.4, -0.2) is 62.4 Å². The molecular weight excluding hydrogens is 580 g/mol. The number of nitrogens with zero attached hydrogens (tertiary/aromatic N) is 5. The van der Waals surface area contributed by atoms with Gasteiger partial charge in [-0.25, -0.2) is 9.97 Å². The zero-order valence-electron chi connectivity index (χ0n) is 23.2. The van der Waals surface area contributed by atoms with E-state index >= 15 is 0 Å². The molecule has 12 nitrogen and oxygen atoms in total. The van der Waals surface area contributed by atoms with E-state index in [-0.39, 0.29) is 34.1 Å². The van der Waals surface area contributed by atoms with Crippen LogP contribution in [-0.2, 0) is 17.7 Å². The van der Waals surface area contributed by atoms with Crippen molar-refractivity contribution in [3.63, 3.8) is 0 Å². The van der Waals surface area contributed by atoms with Crippen LogP contribution in [0.1, 0.15) is 48.8 Å². The number of amides is 1. The monoisotopic (exact) mass is 612 g/mol. The molecule has 3 aliphatic heterocycles. The maximum absolute atomic E-state index is 13.1. The molecule has 2 unspecified atom stereocenters. The second-order valence-corrected chi connectivity index (χ2v) is 12.5. The molecule has 2 atom stereocenters. The number of benzene rings is 1. The number of hydrogen-bond donors (Lipinski definition) is 4. The van der Waals surface area contributed by atoms with Crippen molar-refractivity contribution in [1.29, 1.82) is 0 Å². The predicted octanol–water partition coefficient (Wildman–Crippen LogP) is 3.05. The van der Waals surface area contributed by atoms with Gasteiger partial charge in [-0.15, -0.1) is 0 Å². The molecule has 3 aliphatic rings. The highest BCUT2D eigenvalue weighted by molar-refractivity contribution is 7.99. The maximum Gasteiger partial charge on any atom is 0.270 e. The van der Waals surface area contributed by atoms with E-state index in [1.807, 2.05) is 6.92 Å². The fourth-order valence-electron chi connectivity index (χ4n) is 6.00. The van der Waals surface area contributed by atoms with Gasteiger partial charge in [0, 0.05) is 42.4 Å². The van der Waals surface area contributed by atoms with Gasteiger partial charge in [-0.2, -0.15) is 4.98 Å². The first-order valence-electron chi connectivity index (χ1n) is 14.0. The number of anilines is 3. The van der Waals surface area contributed by atoms with Crippen LogP contribution in [0, 0.1) is 5.41 Å². The minimum atomic E-state index is -0.790. The summed E-state index contributed by atoms with van der Waals surface area (Å²) in [6.07, 6.45) is 5.85. The summed E-state index contributed by atoms with van der Waals surface area (Å²) in [6.45, 7) is 4.75. The minimum Gasteiger partial charge on any atom is -0.493 e. The predicted molar refractivity (Wildman–Crippen MR) is 160 cm³/mol. The number of halogens is 1. The zero-order chi connectivity index (χ0) is 29.6. The summed E-state index contributed by atoms with van der Waals surface area (Å²) in [7, 11) is 0. The van der Waals surface area contributed by atoms with E-state index in [4.69, 9.17) is 27.8 Å². The van der Waals surface area contributed by atoms with E-state index in [2.05, 4.69) is 25.2 Å². The van der Waals surface area contributed by atoms with Crippen LogP contribution in [0.4, 0.5) is 17.3 Å². The lowest BCUT2D eigenvalue weighted by Crippen LogP contribution is -2.50. The number of ether oxygens (including phenoxy) is 1. The molecule has 0 aliphatic carbocycles. The van der Waals surface area contributed by atoms with Crippen molar-refractivity contribution >= 4 is 46.6 Å². The van der Waals surface area contributed by atoms with Crippen molar-refractivity contribution in [2.45, 2.75) is 67.6 Å². The molecule has 0 saturated carbocycles. The Labute approximate surface area is 251 Å². The van der Waals surface area contributed by atoms with Crippen molar-refractivity contribution < 1.29 is 14.6 Å². The number of carbonyl (C=O) groups excluding carboxylic acids is 1. The Kier molecular flexibility index (Phi) is 7.77. The maximum atomic E-state index is 13.1. The smallest absolute Gasteiger partial charge is 0.270 e. The molecule has 1 aromatic carbocycles. The number of rotatable bonds is 5. The molecule has 0 bridgehead atoms. The van der Waals surface area contributed by atoms with E-state index in [0.29, 0.717) is 41.1 Å². The van der Waals surface area contributed by atoms with Gasteiger partial charge in [-0.3, -0.25) is 14.2 Å². The standard InChI is InChI=1S/C28H33ClN8O4S/c1-15-22(30)28(14-41-15)8-11-36(12-9-28)19-13-32-26(23(31)34-19)42-17-6-4-5-16(21(17)29)33-24(38)20-25(39)35-18-7-2-3-10-37(18)27(20)40/h4-6,13,15,22,39H,2-3,7-12,14,30H2,1H3,(H2,31,34)(H,33,38). The van der Waals surface area contributed by atoms with Gasteiger partial charge >= 0.3 is 0 Å². The number of fused-ring (bicyclic) bond motifs is 1. The lowest BCUT2D eigenvalue weighted by molar-refractivity contribution is 0.0974. The molecule has 1 spiro atoms. The van der Waals surface area contributed by atoms with Gasteiger partial charge < -0.3 is 31.5 Å². The summed E-state index contributed by atoms with van der Waals surface area (Å²) in [5.74, 6) is 0.0580. The fraction of sp³-hybridized carbons (Fsp3) is 0.464. The van der Waals surface area contributed by atoms with Crippen molar-refractivity contribution in [1.82, 2.24) is 19.5 Å². The van der Waals surface area contributed by atoms with Crippen LogP contribution >= 0.6 is 23.4 Å². The summed E-state index contributed by atoms with van der Waals surface area (Å²) in [5, 5.41) is 13.7. The molecule has 2 fully saturated rings. The van der Waals surface area contributed by atoms with Gasteiger partial charge in [0.2, 0.25) is 5.88 Å². The van der Waals surface area contributed by atoms with Crippen LogP contribution in [0.3, 0.4) is 0 Å². The van der Waals surface area contributed by atoms with Crippen LogP contribution in [0.25, 0.3) is 0 Å². The first-order valence-corrected chi connectivity index (χ1v) is 15.2. The number of piperidine rings is 1. The molecular formula is C28H33ClN8O4S. The SMILES string of the molecule is CC1OCC2(CCN(c3cnc(Sc4cccc(NC(=O)c5c(O)nc6n(c5=O)CCCC6)c4Cl)c(N)n3)CC2)C1N. The third-order valence-corrected chi connectivity index (χ3v) is 10.2. The second-order valence-electron chi connectivity index (χ2n) is 11.1. The van der Waals surface area contributed by atoms with E-state index in [9.17, 15) is 14.7 Å². The van der Waals surface area contributed by atoms with Crippen molar-refractivity contribution in [2.75, 3.05) is 35.6 Å². The number of nitrogen functional groups attached to an aromatic ring is 1. The second kappa shape index (κ2) is 11.4. The Morgan fingerprint density at radius 1 is 1.24 bits per heavy atom. The summed E-state index contributed by atoms with van der Waals surface area (Å²) in [4.78, 5) is 42.0. The molecule has 0 radical (unpaired) electrons. The van der Waals surface area contributed by atoms with Crippen molar-refractivity contribution in [3.8, 4) is 5.88 Å². The fourth-order valence-corrected chi connectivity index (χ4v) is 7.10. The first-order chi connectivity index (χ1) is 20.2. The number of aromatic hydroxyl groups is 1. The van der Waals surface area contributed by atoms with Gasteiger partial charge in [0.05, 0.1) is 29.6 Å². The summed E-state index contributed by atoms with van der Waals surface area (Å²) < 4.78 is 7.27. The Balaban J connectivity index is 1.16. The average molecular weight is 613 g/mol. The Morgan fingerprint density at radius 3 is 2.74 bits per heavy atom. The van der Waals surface area contributed by atoms with Gasteiger partial charge in [-0.1, -0.05) is 29.4 Å². The van der Waals surface area contributed by atoms with Gasteiger partial charge in [0.25, 0.3) is 11.5 Å². The molecule has 42 heavy (non-hydrogen) atoms. The number of hydrogen-bond acceptors (Lipinski definition) is 11. The van der Waals surface area contributed by atoms with E-state index in [1.165, 1.54) is 16.3 Å². The molecule has 2 aromatic heterocycles. The summed E-state index contributed by atoms with van der Waals surface area (Å²) >= 11 is 7.87. The van der Waals surface area contributed by atoms with Gasteiger partial charge in [0.15, 0.2) is 11.4 Å². The van der Waals surface area contributed by atoms with Gasteiger partial charge in [-0.05, 0) is 44.7 Å². The number of nitrogens with one attached hydrogen (secondary N) is 1. The van der Waals surface area contributed by atoms with E-state index in [1.54, 1.807) is 24.4 Å². The highest BCUT2D eigenvalue weighted by Crippen LogP contribution is 2.42. The lowest BCUT2D eigenvalue weighted by Gasteiger charge is -2.41. The van der Waals surface area contributed by atoms with Gasteiger partial charge in [0.1, 0.15) is 16.7 Å². The first kappa shape index (κ1) is 28.7. The quantitative estimate of drug-likeness (QED) is 0.333. The lowest BCUT2D eigenvalue weighted by atomic mass is 9.73. The number of carbonyl (C=O) groups is 1. The van der Waals surface area contributed by atoms with Crippen molar-refractivity contribution in [2.24, 2.45) is 11.1 Å². The molecule has 6 rings (SSSR count). The van der Waals surface area contributed by atoms with E-state index < -0.39 is 22.9 Å². The third-order valence-electron chi connectivity index (χ3n) is 8.59. The third kappa shape index (κ3) is 5.19. The summed E-state index contributed by atoms with van der Waals surface area (Å²) in [5.41, 5.74) is 12.1. The molecule has 3 aromatic rings. The molecule has 14 heteroatoms. The topological polar surface area (TPSA) is 175 Å². The zero-order valence-corrected chi connectivity index (χ0v) is 24.7. The largest absolute Gasteiger partial charge is 0.493 e. The van der Waals surface area contributed by atoms with Crippen LogP contribution < -0.4 is 27.2 Å². The average Bonchev–Trinajstić information content (AvgIpc) is 3.25. The number of nitrogens with two attached hydrogens (primary N) is 2. The normalized spacial score (nSPS) is 21.4. The number of aromatic nitrogens is 4. The van der Waals surface area contributed by atoms with Crippen LogP contribution in [0.2, 0.25) is 5.02 Å². The van der Waals surface area contributed by atoms with Crippen LogP contribution in [0.5, 0.6) is 5.88 Å². The number of aryl methyl sites for hydroxylation is 1. The van der Waals surface area contributed by atoms with Crippen molar-refractivity contribution in [3.05, 3.63) is 51.2 Å². The summed E-state index contributed by atoms with van der Waals surface area (Å²) in [6, 6.07) is 5.11. The van der Waals surface area contributed by atoms with Crippen LogP contribution in [0.15, 0.2) is 39.1 Å². The Bertz CT molecular complexity index is 1590. The Hall–Kier alpha value is -3.39. The molecule has 222 valence electrons. The highest BCUT2D eigenvalue weighted by atomic mass is 35.5. The molecule has 2 saturated heterocycles. The molecule has 6 N–H and O–H groups in total. The minimum absolute atomic E-state index is 0.00508. The Morgan fingerprint density at radius 2 is 2.02 bits per heavy atom. The molecule has 1 amide bonds. The highest BCUT2D eigenvalue weighted by Gasteiger charge is 2.47. The molecule has 5 heterocycles.